The van der Waals surface area contributed by atoms with Crippen molar-refractivity contribution in [1.82, 2.24) is 4.90 Å². The molecule has 2 atom stereocenters. The van der Waals surface area contributed by atoms with E-state index in [9.17, 15) is 19.1 Å². The zero-order valence-corrected chi connectivity index (χ0v) is 14.2. The van der Waals surface area contributed by atoms with Crippen LogP contribution in [0.1, 0.15) is 23.5 Å². The first-order valence-electron chi connectivity index (χ1n) is 8.47. The third-order valence-corrected chi connectivity index (χ3v) is 4.61. The fraction of sp³-hybridized carbons (Fsp3) is 0.300. The number of halogens is 1. The maximum atomic E-state index is 14.1. The van der Waals surface area contributed by atoms with Crippen molar-refractivity contribution in [3.8, 4) is 0 Å². The van der Waals surface area contributed by atoms with Gasteiger partial charge in [-0.15, -0.1) is 0 Å². The SMILES string of the molecule is O=C(O)C1CC(c2ccccc2F)CN(C(=O)OCc2ccccc2)C1. The van der Waals surface area contributed by atoms with Crippen LogP contribution in [-0.2, 0) is 16.1 Å². The van der Waals surface area contributed by atoms with Crippen LogP contribution in [0.3, 0.4) is 0 Å². The fourth-order valence-corrected chi connectivity index (χ4v) is 3.27. The summed E-state index contributed by atoms with van der Waals surface area (Å²) in [6.07, 6.45) is -0.292. The van der Waals surface area contributed by atoms with Gasteiger partial charge in [-0.1, -0.05) is 48.5 Å². The molecule has 1 N–H and O–H groups in total. The molecule has 5 nitrogen and oxygen atoms in total. The summed E-state index contributed by atoms with van der Waals surface area (Å²) in [7, 11) is 0. The van der Waals surface area contributed by atoms with E-state index in [1.165, 1.54) is 11.0 Å². The Morgan fingerprint density at radius 1 is 1.08 bits per heavy atom. The van der Waals surface area contributed by atoms with Crippen molar-refractivity contribution in [2.24, 2.45) is 5.92 Å². The number of carbonyl (C=O) groups is 2. The summed E-state index contributed by atoms with van der Waals surface area (Å²) < 4.78 is 19.4. The Bertz CT molecular complexity index is 780. The average Bonchev–Trinajstić information content (AvgIpc) is 2.67. The molecule has 0 radical (unpaired) electrons. The summed E-state index contributed by atoms with van der Waals surface area (Å²) >= 11 is 0. The van der Waals surface area contributed by atoms with E-state index in [1.807, 2.05) is 30.3 Å². The van der Waals surface area contributed by atoms with Crippen molar-refractivity contribution >= 4 is 12.1 Å². The minimum absolute atomic E-state index is 0.0634. The highest BCUT2D eigenvalue weighted by atomic mass is 19.1. The van der Waals surface area contributed by atoms with E-state index in [-0.39, 0.29) is 31.4 Å². The van der Waals surface area contributed by atoms with Gasteiger partial charge >= 0.3 is 12.1 Å². The van der Waals surface area contributed by atoms with Crippen molar-refractivity contribution in [1.29, 1.82) is 0 Å². The molecule has 6 heteroatoms. The Kier molecular flexibility index (Phi) is 5.51. The molecule has 1 amide bonds. The molecule has 0 bridgehead atoms. The lowest BCUT2D eigenvalue weighted by Gasteiger charge is -2.35. The summed E-state index contributed by atoms with van der Waals surface area (Å²) in [5.41, 5.74) is 1.28. The second kappa shape index (κ2) is 7.99. The molecule has 1 aliphatic heterocycles. The van der Waals surface area contributed by atoms with Gasteiger partial charge in [-0.2, -0.15) is 0 Å². The first kappa shape index (κ1) is 17.9. The van der Waals surface area contributed by atoms with Crippen molar-refractivity contribution in [3.63, 3.8) is 0 Å². The van der Waals surface area contributed by atoms with Crippen molar-refractivity contribution in [2.75, 3.05) is 13.1 Å². The van der Waals surface area contributed by atoms with Gasteiger partial charge in [0.2, 0.25) is 0 Å². The van der Waals surface area contributed by atoms with Gasteiger partial charge in [0, 0.05) is 19.0 Å². The van der Waals surface area contributed by atoms with E-state index in [4.69, 9.17) is 4.74 Å². The van der Waals surface area contributed by atoms with Gasteiger partial charge in [-0.05, 0) is 23.6 Å². The predicted molar refractivity (Wildman–Crippen MR) is 93.1 cm³/mol. The van der Waals surface area contributed by atoms with Crippen molar-refractivity contribution in [3.05, 3.63) is 71.5 Å². The van der Waals surface area contributed by atoms with Gasteiger partial charge in [-0.3, -0.25) is 4.79 Å². The molecule has 2 aromatic carbocycles. The van der Waals surface area contributed by atoms with Crippen LogP contribution in [-0.4, -0.2) is 35.2 Å². The standard InChI is InChI=1S/C20H20FNO4/c21-18-9-5-4-8-17(18)15-10-16(19(23)24)12-22(11-15)20(25)26-13-14-6-2-1-3-7-14/h1-9,15-16H,10-13H2,(H,23,24). The Morgan fingerprint density at radius 3 is 2.46 bits per heavy atom. The van der Waals surface area contributed by atoms with Crippen LogP contribution in [0.15, 0.2) is 54.6 Å². The Balaban J connectivity index is 1.72. The Morgan fingerprint density at radius 2 is 1.77 bits per heavy atom. The second-order valence-electron chi connectivity index (χ2n) is 6.43. The average molecular weight is 357 g/mol. The molecule has 2 aromatic rings. The zero-order valence-electron chi connectivity index (χ0n) is 14.2. The highest BCUT2D eigenvalue weighted by molar-refractivity contribution is 5.73. The Hall–Kier alpha value is -2.89. The first-order valence-corrected chi connectivity index (χ1v) is 8.47. The first-order chi connectivity index (χ1) is 12.5. The molecule has 3 rings (SSSR count). The number of carboxylic acid groups (broad SMARTS) is 1. The largest absolute Gasteiger partial charge is 0.481 e. The fourth-order valence-electron chi connectivity index (χ4n) is 3.27. The molecule has 0 aromatic heterocycles. The van der Waals surface area contributed by atoms with E-state index < -0.39 is 18.0 Å². The molecule has 136 valence electrons. The molecular formula is C20H20FNO4. The van der Waals surface area contributed by atoms with Gasteiger partial charge in [0.15, 0.2) is 0 Å². The third kappa shape index (κ3) is 4.20. The number of hydrogen-bond acceptors (Lipinski definition) is 3. The lowest BCUT2D eigenvalue weighted by Crippen LogP contribution is -2.45. The van der Waals surface area contributed by atoms with Crippen molar-refractivity contribution in [2.45, 2.75) is 18.9 Å². The predicted octanol–water partition coefficient (Wildman–Crippen LogP) is 3.65. The van der Waals surface area contributed by atoms with Crippen LogP contribution >= 0.6 is 0 Å². The van der Waals surface area contributed by atoms with E-state index in [1.54, 1.807) is 18.2 Å². The summed E-state index contributed by atoms with van der Waals surface area (Å²) in [5, 5.41) is 9.41. The molecule has 26 heavy (non-hydrogen) atoms. The minimum atomic E-state index is -0.994. The highest BCUT2D eigenvalue weighted by Crippen LogP contribution is 2.32. The van der Waals surface area contributed by atoms with Crippen LogP contribution in [0.5, 0.6) is 0 Å². The van der Waals surface area contributed by atoms with Gasteiger partial charge < -0.3 is 14.7 Å². The molecule has 0 aliphatic carbocycles. The molecule has 1 heterocycles. The quantitative estimate of drug-likeness (QED) is 0.907. The van der Waals surface area contributed by atoms with E-state index in [0.717, 1.165) is 5.56 Å². The number of carboxylic acids is 1. The summed E-state index contributed by atoms with van der Waals surface area (Å²) in [4.78, 5) is 25.3. The number of amides is 1. The number of benzene rings is 2. The topological polar surface area (TPSA) is 66.8 Å². The monoisotopic (exact) mass is 357 g/mol. The normalized spacial score (nSPS) is 19.8. The Labute approximate surface area is 151 Å². The van der Waals surface area contributed by atoms with E-state index in [0.29, 0.717) is 12.0 Å². The maximum absolute atomic E-state index is 14.1. The number of likely N-dealkylation sites (tertiary alicyclic amines) is 1. The molecule has 0 saturated carbocycles. The van der Waals surface area contributed by atoms with E-state index >= 15 is 0 Å². The number of ether oxygens (including phenoxy) is 1. The minimum Gasteiger partial charge on any atom is -0.481 e. The zero-order chi connectivity index (χ0) is 18.5. The summed E-state index contributed by atoms with van der Waals surface area (Å²) in [6.45, 7) is 0.407. The number of aliphatic carboxylic acids is 1. The number of carbonyl (C=O) groups excluding carboxylic acids is 1. The van der Waals surface area contributed by atoms with Gasteiger partial charge in [-0.25, -0.2) is 9.18 Å². The molecule has 2 unspecified atom stereocenters. The number of nitrogens with zero attached hydrogens (tertiary/aromatic N) is 1. The second-order valence-corrected chi connectivity index (χ2v) is 6.43. The van der Waals surface area contributed by atoms with Crippen LogP contribution in [0.2, 0.25) is 0 Å². The van der Waals surface area contributed by atoms with Crippen LogP contribution in [0, 0.1) is 11.7 Å². The molecule has 0 spiro atoms. The van der Waals surface area contributed by atoms with Crippen LogP contribution < -0.4 is 0 Å². The molecule has 1 aliphatic rings. The molecule has 1 fully saturated rings. The molecule has 1 saturated heterocycles. The van der Waals surface area contributed by atoms with Gasteiger partial charge in [0.05, 0.1) is 5.92 Å². The smallest absolute Gasteiger partial charge is 0.410 e. The van der Waals surface area contributed by atoms with Gasteiger partial charge in [0.25, 0.3) is 0 Å². The number of rotatable bonds is 4. The maximum Gasteiger partial charge on any atom is 0.410 e. The highest BCUT2D eigenvalue weighted by Gasteiger charge is 2.36. The third-order valence-electron chi connectivity index (χ3n) is 4.61. The van der Waals surface area contributed by atoms with E-state index in [2.05, 4.69) is 0 Å². The van der Waals surface area contributed by atoms with Crippen LogP contribution in [0.4, 0.5) is 9.18 Å². The van der Waals surface area contributed by atoms with Gasteiger partial charge in [0.1, 0.15) is 12.4 Å². The van der Waals surface area contributed by atoms with Crippen molar-refractivity contribution < 1.29 is 23.8 Å². The molecular weight excluding hydrogens is 337 g/mol. The number of hydrogen-bond donors (Lipinski definition) is 1. The lowest BCUT2D eigenvalue weighted by molar-refractivity contribution is -0.143. The van der Waals surface area contributed by atoms with Crippen LogP contribution in [0.25, 0.3) is 0 Å². The summed E-state index contributed by atoms with van der Waals surface area (Å²) in [6, 6.07) is 15.5. The number of piperidine rings is 1. The summed E-state index contributed by atoms with van der Waals surface area (Å²) in [5.74, 6) is -2.51. The lowest BCUT2D eigenvalue weighted by atomic mass is 9.84.